The second-order valence-corrected chi connectivity index (χ2v) is 7.43. The van der Waals surface area contributed by atoms with Crippen LogP contribution in [0.5, 0.6) is 0 Å². The molecular formula is C21H30N2O9. The number of nitrogens with one attached hydrogen (secondary N) is 1. The molecule has 0 spiro atoms. The van der Waals surface area contributed by atoms with Crippen LogP contribution in [0.3, 0.4) is 0 Å². The molecule has 0 aromatic rings. The Morgan fingerprint density at radius 1 is 0.969 bits per heavy atom. The maximum absolute atomic E-state index is 11.9. The molecule has 0 saturated carbocycles. The van der Waals surface area contributed by atoms with Crippen LogP contribution >= 0.6 is 0 Å². The van der Waals surface area contributed by atoms with Gasteiger partial charge in [0.25, 0.3) is 11.8 Å². The number of alkyl carbamates (subject to hydrolysis) is 1. The molecule has 11 heteroatoms. The summed E-state index contributed by atoms with van der Waals surface area (Å²) in [4.78, 5) is 83.6. The van der Waals surface area contributed by atoms with Crippen LogP contribution in [0.1, 0.15) is 70.6 Å². The Morgan fingerprint density at radius 2 is 1.66 bits per heavy atom. The van der Waals surface area contributed by atoms with Crippen molar-refractivity contribution in [2.24, 2.45) is 5.92 Å². The van der Waals surface area contributed by atoms with Gasteiger partial charge in [-0.15, -0.1) is 5.06 Å². The van der Waals surface area contributed by atoms with Crippen LogP contribution in [-0.2, 0) is 38.3 Å². The highest BCUT2D eigenvalue weighted by atomic mass is 16.7. The lowest BCUT2D eigenvalue weighted by Gasteiger charge is -2.13. The molecule has 1 N–H and O–H groups in total. The zero-order chi connectivity index (χ0) is 23.8. The molecule has 1 heterocycles. The average Bonchev–Trinajstić information content (AvgIpc) is 3.07. The maximum atomic E-state index is 11.9. The Hall–Kier alpha value is -3.11. The second kappa shape index (κ2) is 15.7. The summed E-state index contributed by atoms with van der Waals surface area (Å²) in [7, 11) is 0. The molecule has 1 fully saturated rings. The lowest BCUT2D eigenvalue weighted by Crippen LogP contribution is -2.32. The van der Waals surface area contributed by atoms with Crippen LogP contribution in [0.4, 0.5) is 4.79 Å². The van der Waals surface area contributed by atoms with Gasteiger partial charge in [0.1, 0.15) is 18.4 Å². The van der Waals surface area contributed by atoms with Crippen molar-refractivity contribution >= 4 is 42.2 Å². The van der Waals surface area contributed by atoms with E-state index in [0.717, 1.165) is 12.6 Å². The van der Waals surface area contributed by atoms with E-state index in [9.17, 15) is 33.6 Å². The van der Waals surface area contributed by atoms with Gasteiger partial charge >= 0.3 is 12.1 Å². The largest absolute Gasteiger partial charge is 0.449 e. The van der Waals surface area contributed by atoms with E-state index in [1.165, 1.54) is 0 Å². The number of Topliss-reactive ketones (excluding diaryl/α,β-unsaturated/α-hetero) is 1. The van der Waals surface area contributed by atoms with Crippen LogP contribution in [-0.4, -0.2) is 60.4 Å². The first-order valence-electron chi connectivity index (χ1n) is 10.7. The van der Waals surface area contributed by atoms with Crippen LogP contribution in [0, 0.1) is 5.92 Å². The minimum atomic E-state index is -0.731. The lowest BCUT2D eigenvalue weighted by molar-refractivity contribution is -0.197. The van der Waals surface area contributed by atoms with E-state index in [1.807, 2.05) is 0 Å². The lowest BCUT2D eigenvalue weighted by atomic mass is 10.0. The fraction of sp³-hybridized carbons (Fsp3) is 0.667. The molecule has 1 rings (SSSR count). The van der Waals surface area contributed by atoms with Gasteiger partial charge < -0.3 is 24.5 Å². The number of ether oxygens (including phenoxy) is 1. The predicted octanol–water partition coefficient (Wildman–Crippen LogP) is 1.41. The predicted molar refractivity (Wildman–Crippen MR) is 109 cm³/mol. The smallest absolute Gasteiger partial charge is 0.407 e. The number of unbranched alkanes of at least 4 members (excludes halogenated alkanes) is 1. The zero-order valence-electron chi connectivity index (χ0n) is 18.0. The van der Waals surface area contributed by atoms with Crippen LogP contribution in [0.2, 0.25) is 0 Å². The van der Waals surface area contributed by atoms with Gasteiger partial charge in [0, 0.05) is 57.4 Å². The summed E-state index contributed by atoms with van der Waals surface area (Å²) in [6, 6.07) is 0. The minimum Gasteiger partial charge on any atom is -0.449 e. The summed E-state index contributed by atoms with van der Waals surface area (Å²) in [5, 5.41) is 3.04. The fourth-order valence-corrected chi connectivity index (χ4v) is 2.95. The van der Waals surface area contributed by atoms with Crippen LogP contribution in [0.25, 0.3) is 0 Å². The Kier molecular flexibility index (Phi) is 13.2. The number of ketones is 1. The first kappa shape index (κ1) is 26.9. The van der Waals surface area contributed by atoms with Gasteiger partial charge in [-0.1, -0.05) is 0 Å². The zero-order valence-corrected chi connectivity index (χ0v) is 18.0. The van der Waals surface area contributed by atoms with Gasteiger partial charge in [-0.05, 0) is 25.7 Å². The van der Waals surface area contributed by atoms with E-state index in [-0.39, 0.29) is 56.8 Å². The van der Waals surface area contributed by atoms with E-state index >= 15 is 0 Å². The first-order chi connectivity index (χ1) is 15.4. The molecule has 0 bridgehead atoms. The highest BCUT2D eigenvalue weighted by Gasteiger charge is 2.32. The maximum Gasteiger partial charge on any atom is 0.407 e. The quantitative estimate of drug-likeness (QED) is 0.195. The highest BCUT2D eigenvalue weighted by molar-refractivity contribution is 6.01. The number of carbonyl (C=O) groups excluding carboxylic acids is 7. The summed E-state index contributed by atoms with van der Waals surface area (Å²) in [6.07, 6.45) is 3.67. The van der Waals surface area contributed by atoms with Crippen molar-refractivity contribution in [3.05, 3.63) is 0 Å². The second-order valence-electron chi connectivity index (χ2n) is 7.43. The van der Waals surface area contributed by atoms with Crippen molar-refractivity contribution in [2.75, 3.05) is 13.2 Å². The number of aldehydes is 2. The van der Waals surface area contributed by atoms with Gasteiger partial charge in [0.05, 0.1) is 6.61 Å². The standard InChI is InChI=1S/C21H30N2O9/c24-13-4-5-16(11-14-25)15-31-21(30)22-12-2-1-6-17(26)7-3-8-20(29)32-23-18(27)9-10-19(23)28/h13-14,16H,1-12,15H2,(H,22,30). The van der Waals surface area contributed by atoms with E-state index < -0.39 is 23.9 Å². The molecule has 1 aliphatic heterocycles. The number of hydroxylamine groups is 2. The molecule has 1 unspecified atom stereocenters. The average molecular weight is 454 g/mol. The Labute approximate surface area is 186 Å². The molecule has 1 atom stereocenters. The number of hydrogen-bond acceptors (Lipinski definition) is 9. The van der Waals surface area contributed by atoms with Gasteiger partial charge in [0.15, 0.2) is 0 Å². The molecule has 11 nitrogen and oxygen atoms in total. The number of hydrogen-bond donors (Lipinski definition) is 1. The van der Waals surface area contributed by atoms with Gasteiger partial charge in [-0.2, -0.15) is 0 Å². The van der Waals surface area contributed by atoms with Crippen molar-refractivity contribution in [3.63, 3.8) is 0 Å². The molecule has 1 saturated heterocycles. The number of carbonyl (C=O) groups is 7. The van der Waals surface area contributed by atoms with E-state index in [2.05, 4.69) is 5.32 Å². The van der Waals surface area contributed by atoms with Crippen molar-refractivity contribution in [3.8, 4) is 0 Å². The summed E-state index contributed by atoms with van der Waals surface area (Å²) < 4.78 is 5.04. The number of rotatable bonds is 17. The SMILES string of the molecule is O=CCCC(CC=O)COC(=O)NCCCCC(=O)CCCC(=O)ON1C(=O)CCC1=O. The fourth-order valence-electron chi connectivity index (χ4n) is 2.95. The number of nitrogens with zero attached hydrogens (tertiary/aromatic N) is 1. The van der Waals surface area contributed by atoms with Crippen molar-refractivity contribution in [1.82, 2.24) is 10.4 Å². The van der Waals surface area contributed by atoms with Crippen molar-refractivity contribution in [1.29, 1.82) is 0 Å². The molecule has 1 aliphatic rings. The topological polar surface area (TPSA) is 153 Å². The molecule has 178 valence electrons. The van der Waals surface area contributed by atoms with Crippen LogP contribution in [0.15, 0.2) is 0 Å². The minimum absolute atomic E-state index is 0.0271. The third-order valence-electron chi connectivity index (χ3n) is 4.76. The molecule has 32 heavy (non-hydrogen) atoms. The Bertz CT molecular complexity index is 677. The van der Waals surface area contributed by atoms with Gasteiger partial charge in [0.2, 0.25) is 0 Å². The third-order valence-corrected chi connectivity index (χ3v) is 4.76. The molecule has 3 amide bonds. The normalized spacial score (nSPS) is 14.1. The summed E-state index contributed by atoms with van der Waals surface area (Å²) in [5.41, 5.74) is 0. The monoisotopic (exact) mass is 454 g/mol. The number of imide groups is 1. The van der Waals surface area contributed by atoms with Crippen molar-refractivity contribution < 1.29 is 43.1 Å². The van der Waals surface area contributed by atoms with Gasteiger partial charge in [-0.25, -0.2) is 9.59 Å². The summed E-state index contributed by atoms with van der Waals surface area (Å²) >= 11 is 0. The van der Waals surface area contributed by atoms with E-state index in [4.69, 9.17) is 9.57 Å². The van der Waals surface area contributed by atoms with Crippen molar-refractivity contribution in [2.45, 2.75) is 70.6 Å². The summed E-state index contributed by atoms with van der Waals surface area (Å²) in [5.74, 6) is -2.05. The molecule has 0 aromatic heterocycles. The Balaban J connectivity index is 2.05. The van der Waals surface area contributed by atoms with E-state index in [1.54, 1.807) is 0 Å². The molecule has 0 aliphatic carbocycles. The first-order valence-corrected chi connectivity index (χ1v) is 10.7. The molecular weight excluding hydrogens is 424 g/mol. The summed E-state index contributed by atoms with van der Waals surface area (Å²) in [6.45, 7) is 0.377. The Morgan fingerprint density at radius 3 is 2.31 bits per heavy atom. The van der Waals surface area contributed by atoms with Crippen LogP contribution < -0.4 is 5.32 Å². The molecule has 0 radical (unpaired) electrons. The number of amides is 3. The highest BCUT2D eigenvalue weighted by Crippen LogP contribution is 2.13. The van der Waals surface area contributed by atoms with E-state index in [0.29, 0.717) is 43.7 Å². The molecule has 0 aromatic carbocycles. The van der Waals surface area contributed by atoms with Gasteiger partial charge in [-0.3, -0.25) is 14.4 Å². The third kappa shape index (κ3) is 11.3.